The highest BCUT2D eigenvalue weighted by Gasteiger charge is 2.18. The summed E-state index contributed by atoms with van der Waals surface area (Å²) in [5, 5.41) is 8.16. The summed E-state index contributed by atoms with van der Waals surface area (Å²) in [5.41, 5.74) is 5.22. The second kappa shape index (κ2) is 7.41. The number of aromatic nitrogens is 2. The zero-order chi connectivity index (χ0) is 15.2. The topological polar surface area (TPSA) is 29.9 Å². The minimum Gasteiger partial charge on any atom is -0.305 e. The van der Waals surface area contributed by atoms with Gasteiger partial charge in [0.1, 0.15) is 0 Å². The molecular formula is C18H27N3. The predicted octanol–water partition coefficient (Wildman–Crippen LogP) is 4.00. The van der Waals surface area contributed by atoms with Crippen molar-refractivity contribution in [3.8, 4) is 0 Å². The minimum atomic E-state index is 0.220. The molecule has 0 saturated carbocycles. The number of hydrogen-bond acceptors (Lipinski definition) is 2. The first-order valence-corrected chi connectivity index (χ1v) is 7.99. The Bertz CT molecular complexity index is 551. The number of hydrogen-bond donors (Lipinski definition) is 1. The van der Waals surface area contributed by atoms with Gasteiger partial charge in [0.05, 0.1) is 11.7 Å². The molecule has 0 spiro atoms. The lowest BCUT2D eigenvalue weighted by atomic mass is 9.98. The molecule has 1 unspecified atom stereocenters. The predicted molar refractivity (Wildman–Crippen MR) is 88.6 cm³/mol. The highest BCUT2D eigenvalue weighted by Crippen LogP contribution is 2.24. The van der Waals surface area contributed by atoms with E-state index in [1.54, 1.807) is 0 Å². The van der Waals surface area contributed by atoms with Crippen LogP contribution in [0.4, 0.5) is 0 Å². The third-order valence-corrected chi connectivity index (χ3v) is 3.66. The van der Waals surface area contributed by atoms with Crippen LogP contribution in [0.1, 0.15) is 55.1 Å². The Morgan fingerprint density at radius 2 is 1.81 bits per heavy atom. The molecule has 0 amide bonds. The van der Waals surface area contributed by atoms with Gasteiger partial charge in [0, 0.05) is 12.7 Å². The molecular weight excluding hydrogens is 258 g/mol. The number of aryl methyl sites for hydroxylation is 3. The largest absolute Gasteiger partial charge is 0.305 e. The number of benzene rings is 1. The highest BCUT2D eigenvalue weighted by atomic mass is 15.3. The molecule has 0 aliphatic rings. The minimum absolute atomic E-state index is 0.220. The van der Waals surface area contributed by atoms with Gasteiger partial charge >= 0.3 is 0 Å². The van der Waals surface area contributed by atoms with Crippen LogP contribution in [0.3, 0.4) is 0 Å². The monoisotopic (exact) mass is 285 g/mol. The lowest BCUT2D eigenvalue weighted by Gasteiger charge is -2.21. The Labute approximate surface area is 128 Å². The molecule has 0 radical (unpaired) electrons. The fourth-order valence-corrected chi connectivity index (χ4v) is 2.85. The quantitative estimate of drug-likeness (QED) is 0.833. The normalized spacial score (nSPS) is 12.6. The van der Waals surface area contributed by atoms with Crippen LogP contribution in [0.25, 0.3) is 0 Å². The molecule has 2 rings (SSSR count). The summed E-state index contributed by atoms with van der Waals surface area (Å²) in [6.45, 7) is 10.7. The van der Waals surface area contributed by atoms with Crippen LogP contribution < -0.4 is 5.32 Å². The first-order valence-electron chi connectivity index (χ1n) is 7.99. The van der Waals surface area contributed by atoms with E-state index in [0.29, 0.717) is 0 Å². The Morgan fingerprint density at radius 3 is 2.43 bits per heavy atom. The van der Waals surface area contributed by atoms with Crippen molar-refractivity contribution in [3.63, 3.8) is 0 Å². The lowest BCUT2D eigenvalue weighted by molar-refractivity contribution is 0.511. The summed E-state index contributed by atoms with van der Waals surface area (Å²) in [6.07, 6.45) is 4.14. The van der Waals surface area contributed by atoms with E-state index < -0.39 is 0 Å². The molecule has 1 aromatic carbocycles. The van der Waals surface area contributed by atoms with Crippen molar-refractivity contribution >= 4 is 0 Å². The molecule has 1 heterocycles. The zero-order valence-corrected chi connectivity index (χ0v) is 13.7. The van der Waals surface area contributed by atoms with Gasteiger partial charge in [-0.1, -0.05) is 43.2 Å². The van der Waals surface area contributed by atoms with Crippen molar-refractivity contribution < 1.29 is 0 Å². The summed E-state index contributed by atoms with van der Waals surface area (Å²) < 4.78 is 2.13. The van der Waals surface area contributed by atoms with Gasteiger partial charge in [-0.3, -0.25) is 4.68 Å². The summed E-state index contributed by atoms with van der Waals surface area (Å²) in [7, 11) is 0. The van der Waals surface area contributed by atoms with Crippen molar-refractivity contribution in [2.24, 2.45) is 0 Å². The van der Waals surface area contributed by atoms with Crippen LogP contribution in [0, 0.1) is 13.8 Å². The first-order chi connectivity index (χ1) is 10.2. The molecule has 0 fully saturated rings. The second-order valence-corrected chi connectivity index (χ2v) is 5.79. The lowest BCUT2D eigenvalue weighted by Crippen LogP contribution is -2.26. The van der Waals surface area contributed by atoms with Crippen LogP contribution in [0.15, 0.2) is 30.5 Å². The van der Waals surface area contributed by atoms with Gasteiger partial charge < -0.3 is 5.32 Å². The van der Waals surface area contributed by atoms with Crippen molar-refractivity contribution in [1.82, 2.24) is 15.1 Å². The fourth-order valence-electron chi connectivity index (χ4n) is 2.85. The van der Waals surface area contributed by atoms with Gasteiger partial charge in [-0.15, -0.1) is 0 Å². The molecule has 0 bridgehead atoms. The van der Waals surface area contributed by atoms with Crippen molar-refractivity contribution in [2.45, 2.75) is 53.1 Å². The standard InChI is InChI=1S/C18H27N3/c1-5-8-19-18(16-12-14(3)11-15(4)13-16)17-7-9-20-21(17)10-6-2/h7,9,11-13,18-19H,5-6,8,10H2,1-4H3. The number of nitrogens with one attached hydrogen (secondary N) is 1. The van der Waals surface area contributed by atoms with E-state index >= 15 is 0 Å². The van der Waals surface area contributed by atoms with Crippen LogP contribution in [0.5, 0.6) is 0 Å². The molecule has 0 aliphatic carbocycles. The third-order valence-electron chi connectivity index (χ3n) is 3.66. The van der Waals surface area contributed by atoms with E-state index in [9.17, 15) is 0 Å². The van der Waals surface area contributed by atoms with E-state index in [2.05, 4.69) is 67.1 Å². The maximum Gasteiger partial charge on any atom is 0.0748 e. The van der Waals surface area contributed by atoms with Crippen molar-refractivity contribution in [1.29, 1.82) is 0 Å². The average molecular weight is 285 g/mol. The number of nitrogens with zero attached hydrogens (tertiary/aromatic N) is 2. The van der Waals surface area contributed by atoms with Gasteiger partial charge in [-0.05, 0) is 44.9 Å². The SMILES string of the molecule is CCCNC(c1cc(C)cc(C)c1)c1ccnn1CCC. The van der Waals surface area contributed by atoms with Crippen LogP contribution in [-0.4, -0.2) is 16.3 Å². The molecule has 1 atom stereocenters. The Hall–Kier alpha value is -1.61. The van der Waals surface area contributed by atoms with Gasteiger partial charge in [-0.2, -0.15) is 5.10 Å². The third kappa shape index (κ3) is 3.94. The molecule has 3 nitrogen and oxygen atoms in total. The molecule has 3 heteroatoms. The smallest absolute Gasteiger partial charge is 0.0748 e. The van der Waals surface area contributed by atoms with Gasteiger partial charge in [-0.25, -0.2) is 0 Å². The molecule has 0 aliphatic heterocycles. The van der Waals surface area contributed by atoms with Gasteiger partial charge in [0.2, 0.25) is 0 Å². The summed E-state index contributed by atoms with van der Waals surface area (Å²) in [4.78, 5) is 0. The Morgan fingerprint density at radius 1 is 1.10 bits per heavy atom. The Balaban J connectivity index is 2.39. The molecule has 21 heavy (non-hydrogen) atoms. The van der Waals surface area contributed by atoms with E-state index in [-0.39, 0.29) is 6.04 Å². The molecule has 0 saturated heterocycles. The highest BCUT2D eigenvalue weighted by molar-refractivity contribution is 5.34. The Kier molecular flexibility index (Phi) is 5.57. The first kappa shape index (κ1) is 15.8. The molecule has 2 aromatic rings. The average Bonchev–Trinajstić information content (AvgIpc) is 2.87. The summed E-state index contributed by atoms with van der Waals surface area (Å²) in [5.74, 6) is 0. The van der Waals surface area contributed by atoms with Crippen LogP contribution in [0.2, 0.25) is 0 Å². The second-order valence-electron chi connectivity index (χ2n) is 5.79. The van der Waals surface area contributed by atoms with Crippen LogP contribution in [-0.2, 0) is 6.54 Å². The van der Waals surface area contributed by atoms with E-state index in [0.717, 1.165) is 25.9 Å². The van der Waals surface area contributed by atoms with E-state index in [4.69, 9.17) is 0 Å². The van der Waals surface area contributed by atoms with Crippen molar-refractivity contribution in [3.05, 3.63) is 52.8 Å². The molecule has 1 N–H and O–H groups in total. The maximum absolute atomic E-state index is 4.48. The fraction of sp³-hybridized carbons (Fsp3) is 0.500. The van der Waals surface area contributed by atoms with Gasteiger partial charge in [0.25, 0.3) is 0 Å². The molecule has 1 aromatic heterocycles. The van der Waals surface area contributed by atoms with Crippen molar-refractivity contribution in [2.75, 3.05) is 6.54 Å². The summed E-state index contributed by atoms with van der Waals surface area (Å²) in [6, 6.07) is 9.15. The molecule has 114 valence electrons. The zero-order valence-electron chi connectivity index (χ0n) is 13.7. The van der Waals surface area contributed by atoms with E-state index in [1.165, 1.54) is 22.4 Å². The van der Waals surface area contributed by atoms with Gasteiger partial charge in [0.15, 0.2) is 0 Å². The van der Waals surface area contributed by atoms with E-state index in [1.807, 2.05) is 6.20 Å². The number of rotatable bonds is 7. The maximum atomic E-state index is 4.48. The summed E-state index contributed by atoms with van der Waals surface area (Å²) >= 11 is 0. The van der Waals surface area contributed by atoms with Crippen LogP contribution >= 0.6 is 0 Å².